The lowest BCUT2D eigenvalue weighted by Gasteiger charge is -2.30. The highest BCUT2D eigenvalue weighted by Crippen LogP contribution is 2.29. The van der Waals surface area contributed by atoms with Gasteiger partial charge in [-0.15, -0.1) is 0 Å². The minimum atomic E-state index is -0.154. The maximum absolute atomic E-state index is 14.7. The topological polar surface area (TPSA) is 67.2 Å². The Kier molecular flexibility index (Phi) is 9.24. The van der Waals surface area contributed by atoms with Crippen LogP contribution >= 0.6 is 11.6 Å². The van der Waals surface area contributed by atoms with Gasteiger partial charge in [0.05, 0.1) is 28.2 Å². The van der Waals surface area contributed by atoms with E-state index in [0.29, 0.717) is 41.4 Å². The van der Waals surface area contributed by atoms with Gasteiger partial charge in [-0.25, -0.2) is 4.98 Å². The Morgan fingerprint density at radius 3 is 2.17 bits per heavy atom. The Hall–Kier alpha value is -3.74. The molecule has 2 aromatic carbocycles. The number of carbonyl (C=O) groups excluding carboxylic acids is 1. The molecule has 0 saturated carbocycles. The number of pyridine rings is 2. The van der Waals surface area contributed by atoms with E-state index in [1.807, 2.05) is 51.9 Å². The van der Waals surface area contributed by atoms with Crippen LogP contribution in [0.1, 0.15) is 54.9 Å². The Labute approximate surface area is 253 Å². The molecule has 2 aromatic heterocycles. The fourth-order valence-corrected chi connectivity index (χ4v) is 5.88. The van der Waals surface area contributed by atoms with Crippen molar-refractivity contribution < 1.29 is 4.79 Å². The van der Waals surface area contributed by atoms with Crippen LogP contribution in [-0.2, 0) is 19.3 Å². The van der Waals surface area contributed by atoms with Crippen molar-refractivity contribution in [2.45, 2.75) is 47.0 Å². The van der Waals surface area contributed by atoms with E-state index >= 15 is 0 Å². The molecule has 218 valence electrons. The smallest absolute Gasteiger partial charge is 0.264 e. The van der Waals surface area contributed by atoms with E-state index in [-0.39, 0.29) is 17.4 Å². The lowest BCUT2D eigenvalue weighted by Crippen LogP contribution is -2.47. The third-order valence-electron chi connectivity index (χ3n) is 7.89. The molecule has 4 aromatic rings. The molecule has 1 aliphatic heterocycles. The van der Waals surface area contributed by atoms with Crippen LogP contribution in [0.3, 0.4) is 0 Å². The van der Waals surface area contributed by atoms with E-state index < -0.39 is 0 Å². The number of hydrogen-bond acceptors (Lipinski definition) is 4. The maximum atomic E-state index is 14.7. The number of rotatable bonds is 8. The molecule has 5 rings (SSSR count). The number of benzene rings is 2. The van der Waals surface area contributed by atoms with Gasteiger partial charge in [0.25, 0.3) is 11.5 Å². The van der Waals surface area contributed by atoms with Crippen LogP contribution in [0.2, 0.25) is 5.02 Å². The lowest BCUT2D eigenvalue weighted by atomic mass is 9.96. The predicted molar refractivity (Wildman–Crippen MR) is 172 cm³/mol. The number of nitrogens with one attached hydrogen (secondary N) is 1. The molecule has 0 aliphatic carbocycles. The molecular weight excluding hydrogens is 544 g/mol. The normalized spacial score (nSPS) is 13.5. The second-order valence-electron chi connectivity index (χ2n) is 11.2. The number of amides is 1. The highest BCUT2D eigenvalue weighted by atomic mass is 35.5. The number of nitrogens with zero attached hydrogens (tertiary/aromatic N) is 3. The lowest BCUT2D eigenvalue weighted by molar-refractivity contribution is 0.0733. The summed E-state index contributed by atoms with van der Waals surface area (Å²) in [5, 5.41) is 3.99. The zero-order valence-electron chi connectivity index (χ0n) is 24.9. The van der Waals surface area contributed by atoms with Gasteiger partial charge in [0.2, 0.25) is 0 Å². The van der Waals surface area contributed by atoms with Gasteiger partial charge in [-0.05, 0) is 66.6 Å². The van der Waals surface area contributed by atoms with E-state index in [4.69, 9.17) is 16.6 Å². The SMILES string of the molecule is CCc1cccc(CC)c1-n1c(CC(C)C)c(C(=O)N2CCNCC2)cc(-c2cccc(-c3ccc(Cl)cc3)n2)c1=O. The highest BCUT2D eigenvalue weighted by Gasteiger charge is 2.28. The molecule has 7 heteroatoms. The van der Waals surface area contributed by atoms with Crippen molar-refractivity contribution >= 4 is 17.5 Å². The molecule has 42 heavy (non-hydrogen) atoms. The van der Waals surface area contributed by atoms with Crippen molar-refractivity contribution in [3.8, 4) is 28.2 Å². The largest absolute Gasteiger partial charge is 0.336 e. The fraction of sp³-hybridized carbons (Fsp3) is 0.343. The predicted octanol–water partition coefficient (Wildman–Crippen LogP) is 6.59. The van der Waals surface area contributed by atoms with Crippen LogP contribution in [0.25, 0.3) is 28.2 Å². The van der Waals surface area contributed by atoms with Gasteiger partial charge in [-0.1, -0.05) is 75.7 Å². The molecule has 1 N–H and O–H groups in total. The maximum Gasteiger partial charge on any atom is 0.264 e. The minimum Gasteiger partial charge on any atom is -0.336 e. The van der Waals surface area contributed by atoms with E-state index in [1.54, 1.807) is 6.07 Å². The molecular formula is C35H39ClN4O2. The first kappa shape index (κ1) is 29.7. The second-order valence-corrected chi connectivity index (χ2v) is 11.7. The van der Waals surface area contributed by atoms with Crippen molar-refractivity contribution in [2.24, 2.45) is 5.92 Å². The van der Waals surface area contributed by atoms with Crippen molar-refractivity contribution in [1.82, 2.24) is 19.8 Å². The molecule has 1 aliphatic rings. The first-order chi connectivity index (χ1) is 20.3. The summed E-state index contributed by atoms with van der Waals surface area (Å²) >= 11 is 6.13. The minimum absolute atomic E-state index is 0.0389. The first-order valence-corrected chi connectivity index (χ1v) is 15.3. The van der Waals surface area contributed by atoms with E-state index in [0.717, 1.165) is 59.7 Å². The number of carbonyl (C=O) groups is 1. The number of aryl methyl sites for hydroxylation is 2. The summed E-state index contributed by atoms with van der Waals surface area (Å²) in [5.41, 5.74) is 6.86. The molecule has 1 saturated heterocycles. The van der Waals surface area contributed by atoms with Gasteiger partial charge in [0.1, 0.15) is 0 Å². The van der Waals surface area contributed by atoms with Gasteiger partial charge in [-0.3, -0.25) is 14.2 Å². The summed E-state index contributed by atoms with van der Waals surface area (Å²) in [4.78, 5) is 35.8. The van der Waals surface area contributed by atoms with Gasteiger partial charge >= 0.3 is 0 Å². The third kappa shape index (κ3) is 6.06. The average molecular weight is 583 g/mol. The van der Waals surface area contributed by atoms with E-state index in [9.17, 15) is 9.59 Å². The van der Waals surface area contributed by atoms with Gasteiger partial charge in [0.15, 0.2) is 0 Å². The number of aromatic nitrogens is 2. The van der Waals surface area contributed by atoms with Crippen LogP contribution < -0.4 is 10.9 Å². The summed E-state index contributed by atoms with van der Waals surface area (Å²) in [5.74, 6) is 0.198. The molecule has 0 unspecified atom stereocenters. The molecule has 0 bridgehead atoms. The number of hydrogen-bond donors (Lipinski definition) is 1. The first-order valence-electron chi connectivity index (χ1n) is 15.0. The molecule has 0 radical (unpaired) electrons. The Morgan fingerprint density at radius 2 is 1.55 bits per heavy atom. The van der Waals surface area contributed by atoms with Crippen LogP contribution in [0, 0.1) is 5.92 Å². The van der Waals surface area contributed by atoms with Gasteiger partial charge in [-0.2, -0.15) is 0 Å². The van der Waals surface area contributed by atoms with Gasteiger partial charge in [0, 0.05) is 42.5 Å². The van der Waals surface area contributed by atoms with Crippen LogP contribution in [-0.4, -0.2) is 46.5 Å². The molecule has 1 fully saturated rings. The van der Waals surface area contributed by atoms with Crippen LogP contribution in [0.5, 0.6) is 0 Å². The zero-order chi connectivity index (χ0) is 29.8. The van der Waals surface area contributed by atoms with Crippen LogP contribution in [0.4, 0.5) is 0 Å². The zero-order valence-corrected chi connectivity index (χ0v) is 25.7. The fourth-order valence-electron chi connectivity index (χ4n) is 5.75. The average Bonchev–Trinajstić information content (AvgIpc) is 3.01. The third-order valence-corrected chi connectivity index (χ3v) is 8.14. The van der Waals surface area contributed by atoms with Crippen molar-refractivity contribution in [1.29, 1.82) is 0 Å². The van der Waals surface area contributed by atoms with Crippen molar-refractivity contribution in [3.05, 3.63) is 104 Å². The molecule has 6 nitrogen and oxygen atoms in total. The second kappa shape index (κ2) is 13.1. The Morgan fingerprint density at radius 1 is 0.929 bits per heavy atom. The molecule has 0 atom stereocenters. The molecule has 1 amide bonds. The summed E-state index contributed by atoms with van der Waals surface area (Å²) in [6, 6.07) is 21.2. The van der Waals surface area contributed by atoms with Gasteiger partial charge < -0.3 is 10.2 Å². The number of para-hydroxylation sites is 1. The molecule has 0 spiro atoms. The highest BCUT2D eigenvalue weighted by molar-refractivity contribution is 6.30. The summed E-state index contributed by atoms with van der Waals surface area (Å²) in [6.07, 6.45) is 2.14. The Balaban J connectivity index is 1.82. The van der Waals surface area contributed by atoms with Crippen LogP contribution in [0.15, 0.2) is 71.5 Å². The van der Waals surface area contributed by atoms with E-state index in [1.165, 1.54) is 0 Å². The number of piperazine rings is 1. The molecule has 3 heterocycles. The summed E-state index contributed by atoms with van der Waals surface area (Å²) < 4.78 is 1.85. The summed E-state index contributed by atoms with van der Waals surface area (Å²) in [7, 11) is 0. The Bertz CT molecular complexity index is 1610. The monoisotopic (exact) mass is 582 g/mol. The summed E-state index contributed by atoms with van der Waals surface area (Å²) in [6.45, 7) is 11.2. The van der Waals surface area contributed by atoms with E-state index in [2.05, 4.69) is 51.2 Å². The van der Waals surface area contributed by atoms with Crippen molar-refractivity contribution in [3.63, 3.8) is 0 Å². The number of halogens is 1. The quantitative estimate of drug-likeness (QED) is 0.254. The van der Waals surface area contributed by atoms with Crippen molar-refractivity contribution in [2.75, 3.05) is 26.2 Å². The standard InChI is InChI=1S/C35H39ClN4O2/c1-5-24-9-7-10-25(6-2)33(24)40-32(21-23(3)4)29(34(41)39-19-17-37-18-20-39)22-28(35(40)42)31-12-8-11-30(38-31)26-13-15-27(36)16-14-26/h7-16,22-23,37H,5-6,17-21H2,1-4H3.